The van der Waals surface area contributed by atoms with Crippen molar-refractivity contribution in [2.45, 2.75) is 6.29 Å². The molecule has 0 fully saturated rings. The van der Waals surface area contributed by atoms with Crippen LogP contribution in [-0.4, -0.2) is 42.7 Å². The summed E-state index contributed by atoms with van der Waals surface area (Å²) in [7, 11) is 0. The second kappa shape index (κ2) is 7.69. The van der Waals surface area contributed by atoms with Gasteiger partial charge in [-0.25, -0.2) is 4.79 Å². The third-order valence-corrected chi connectivity index (χ3v) is 1.03. The number of esters is 1. The molecule has 0 aliphatic heterocycles. The summed E-state index contributed by atoms with van der Waals surface area (Å²) in [4.78, 5) is 10.5. The Kier molecular flexibility index (Phi) is 7.12. The van der Waals surface area contributed by atoms with Gasteiger partial charge in [0.25, 0.3) is 0 Å². The minimum absolute atomic E-state index is 0.365. The predicted molar refractivity (Wildman–Crippen MR) is 41.3 cm³/mol. The highest BCUT2D eigenvalue weighted by Gasteiger charge is 2.07. The van der Waals surface area contributed by atoms with Gasteiger partial charge in [-0.3, -0.25) is 0 Å². The number of hydrogen-bond acceptors (Lipinski definition) is 6. The standard InChI is InChI=1S/C7H12O6/c1-2-6(10)12-5-13-7(3-8)11-4-9/h2,7-9H,1,3-5H2. The Labute approximate surface area is 75.3 Å². The number of carbonyl (C=O) groups is 1. The first kappa shape index (κ1) is 12.0. The summed E-state index contributed by atoms with van der Waals surface area (Å²) in [5, 5.41) is 16.8. The molecule has 0 aliphatic rings. The number of ether oxygens (including phenoxy) is 3. The lowest BCUT2D eigenvalue weighted by Gasteiger charge is -2.13. The van der Waals surface area contributed by atoms with Crippen LogP contribution in [0.1, 0.15) is 0 Å². The van der Waals surface area contributed by atoms with Crippen molar-refractivity contribution in [3.05, 3.63) is 12.7 Å². The zero-order valence-corrected chi connectivity index (χ0v) is 7.01. The average Bonchev–Trinajstić information content (AvgIpc) is 2.16. The van der Waals surface area contributed by atoms with E-state index in [1.807, 2.05) is 0 Å². The van der Waals surface area contributed by atoms with Crippen LogP contribution < -0.4 is 0 Å². The highest BCUT2D eigenvalue weighted by atomic mass is 16.8. The van der Waals surface area contributed by atoms with Gasteiger partial charge in [-0.1, -0.05) is 6.58 Å². The van der Waals surface area contributed by atoms with Crippen molar-refractivity contribution >= 4 is 5.97 Å². The summed E-state index contributed by atoms with van der Waals surface area (Å²) in [6.07, 6.45) is -0.0212. The summed E-state index contributed by atoms with van der Waals surface area (Å²) in [6, 6.07) is 0. The molecule has 6 heteroatoms. The van der Waals surface area contributed by atoms with E-state index in [-0.39, 0.29) is 6.79 Å². The van der Waals surface area contributed by atoms with Crippen LogP contribution in [0.5, 0.6) is 0 Å². The Bertz CT molecular complexity index is 157. The van der Waals surface area contributed by atoms with Crippen LogP contribution in [0.4, 0.5) is 0 Å². The molecule has 0 bridgehead atoms. The van der Waals surface area contributed by atoms with Crippen molar-refractivity contribution in [3.8, 4) is 0 Å². The number of aliphatic hydroxyl groups excluding tert-OH is 2. The van der Waals surface area contributed by atoms with Crippen molar-refractivity contribution in [1.29, 1.82) is 0 Å². The molecule has 1 unspecified atom stereocenters. The van der Waals surface area contributed by atoms with Gasteiger partial charge in [0.1, 0.15) is 6.79 Å². The third-order valence-electron chi connectivity index (χ3n) is 1.03. The molecule has 13 heavy (non-hydrogen) atoms. The molecule has 0 aromatic carbocycles. The number of carbonyl (C=O) groups excluding carboxylic acids is 1. The molecule has 0 heterocycles. The molecular weight excluding hydrogens is 180 g/mol. The zero-order valence-electron chi connectivity index (χ0n) is 7.01. The second-order valence-electron chi connectivity index (χ2n) is 1.86. The SMILES string of the molecule is C=CC(=O)OCOC(CO)OCO. The van der Waals surface area contributed by atoms with Crippen LogP contribution in [0.3, 0.4) is 0 Å². The smallest absolute Gasteiger partial charge is 0.332 e. The van der Waals surface area contributed by atoms with E-state index in [2.05, 4.69) is 20.8 Å². The van der Waals surface area contributed by atoms with Gasteiger partial charge in [0, 0.05) is 6.08 Å². The molecule has 0 aromatic rings. The quantitative estimate of drug-likeness (QED) is 0.305. The van der Waals surface area contributed by atoms with Gasteiger partial charge >= 0.3 is 5.97 Å². The van der Waals surface area contributed by atoms with Gasteiger partial charge in [0.15, 0.2) is 13.1 Å². The van der Waals surface area contributed by atoms with Crippen molar-refractivity contribution < 1.29 is 29.2 Å². The normalized spacial score (nSPS) is 12.2. The van der Waals surface area contributed by atoms with E-state index in [1.165, 1.54) is 0 Å². The van der Waals surface area contributed by atoms with Gasteiger partial charge in [0.2, 0.25) is 0 Å². The summed E-state index contributed by atoms with van der Waals surface area (Å²) in [5.74, 6) is -0.638. The van der Waals surface area contributed by atoms with E-state index in [9.17, 15) is 4.79 Å². The first-order valence-electron chi connectivity index (χ1n) is 3.48. The summed E-state index contributed by atoms with van der Waals surface area (Å²) < 4.78 is 13.6. The molecule has 0 radical (unpaired) electrons. The fourth-order valence-corrected chi connectivity index (χ4v) is 0.464. The Morgan fingerprint density at radius 2 is 2.15 bits per heavy atom. The summed E-state index contributed by atoms with van der Waals surface area (Å²) in [5.41, 5.74) is 0. The molecule has 0 amide bonds. The molecule has 0 aliphatic carbocycles. The van der Waals surface area contributed by atoms with Crippen LogP contribution in [0.15, 0.2) is 12.7 Å². The maximum atomic E-state index is 10.5. The minimum atomic E-state index is -0.998. The van der Waals surface area contributed by atoms with Crippen molar-refractivity contribution in [2.24, 2.45) is 0 Å². The first-order valence-corrected chi connectivity index (χ1v) is 3.48. The van der Waals surface area contributed by atoms with Crippen LogP contribution >= 0.6 is 0 Å². The van der Waals surface area contributed by atoms with Crippen LogP contribution in [0.25, 0.3) is 0 Å². The Morgan fingerprint density at radius 1 is 1.46 bits per heavy atom. The number of aliphatic hydroxyl groups is 2. The fraction of sp³-hybridized carbons (Fsp3) is 0.571. The molecule has 2 N–H and O–H groups in total. The molecule has 0 saturated heterocycles. The van der Waals surface area contributed by atoms with E-state index in [1.54, 1.807) is 0 Å². The van der Waals surface area contributed by atoms with Crippen LogP contribution in [0.2, 0.25) is 0 Å². The van der Waals surface area contributed by atoms with Crippen LogP contribution in [-0.2, 0) is 19.0 Å². The van der Waals surface area contributed by atoms with Crippen LogP contribution in [0, 0.1) is 0 Å². The van der Waals surface area contributed by atoms with E-state index < -0.39 is 25.7 Å². The number of rotatable bonds is 7. The number of hydrogen-bond donors (Lipinski definition) is 2. The minimum Gasteiger partial charge on any atom is -0.435 e. The van der Waals surface area contributed by atoms with E-state index in [4.69, 9.17) is 10.2 Å². The molecule has 0 rings (SSSR count). The predicted octanol–water partition coefficient (Wildman–Crippen LogP) is -1.03. The summed E-state index contributed by atoms with van der Waals surface area (Å²) >= 11 is 0. The maximum Gasteiger partial charge on any atom is 0.332 e. The lowest BCUT2D eigenvalue weighted by atomic mass is 10.7. The highest BCUT2D eigenvalue weighted by Crippen LogP contribution is 1.93. The highest BCUT2D eigenvalue weighted by molar-refractivity contribution is 5.81. The Balaban J connectivity index is 3.48. The van der Waals surface area contributed by atoms with Gasteiger partial charge in [-0.2, -0.15) is 0 Å². The molecule has 76 valence electrons. The molecule has 1 atom stereocenters. The molecule has 0 aromatic heterocycles. The lowest BCUT2D eigenvalue weighted by molar-refractivity contribution is -0.228. The zero-order chi connectivity index (χ0) is 10.1. The van der Waals surface area contributed by atoms with Gasteiger partial charge < -0.3 is 24.4 Å². The Hall–Kier alpha value is -0.950. The molecule has 6 nitrogen and oxygen atoms in total. The van der Waals surface area contributed by atoms with Gasteiger partial charge in [-0.15, -0.1) is 0 Å². The molecule has 0 spiro atoms. The second-order valence-corrected chi connectivity index (χ2v) is 1.86. The maximum absolute atomic E-state index is 10.5. The Morgan fingerprint density at radius 3 is 2.62 bits per heavy atom. The van der Waals surface area contributed by atoms with E-state index in [0.29, 0.717) is 0 Å². The molecular formula is C7H12O6. The average molecular weight is 192 g/mol. The fourth-order valence-electron chi connectivity index (χ4n) is 0.464. The van der Waals surface area contributed by atoms with Gasteiger partial charge in [-0.05, 0) is 0 Å². The van der Waals surface area contributed by atoms with Crippen molar-refractivity contribution in [3.63, 3.8) is 0 Å². The van der Waals surface area contributed by atoms with Gasteiger partial charge in [0.05, 0.1) is 6.61 Å². The lowest BCUT2D eigenvalue weighted by Crippen LogP contribution is -2.24. The third kappa shape index (κ3) is 6.23. The van der Waals surface area contributed by atoms with Crippen molar-refractivity contribution in [2.75, 3.05) is 20.2 Å². The molecule has 0 saturated carbocycles. The van der Waals surface area contributed by atoms with E-state index in [0.717, 1.165) is 6.08 Å². The van der Waals surface area contributed by atoms with E-state index >= 15 is 0 Å². The topological polar surface area (TPSA) is 85.2 Å². The monoisotopic (exact) mass is 192 g/mol. The summed E-state index contributed by atoms with van der Waals surface area (Å²) in [6.45, 7) is 1.78. The first-order chi connectivity index (χ1) is 6.24. The van der Waals surface area contributed by atoms with Crippen molar-refractivity contribution in [1.82, 2.24) is 0 Å². The largest absolute Gasteiger partial charge is 0.435 e.